The minimum absolute atomic E-state index is 0.00635. The molecule has 8 nitrogen and oxygen atoms in total. The van der Waals surface area contributed by atoms with Crippen LogP contribution in [-0.2, 0) is 11.2 Å². The van der Waals surface area contributed by atoms with Gasteiger partial charge in [-0.1, -0.05) is 18.2 Å². The van der Waals surface area contributed by atoms with E-state index in [1.165, 1.54) is 18.2 Å². The van der Waals surface area contributed by atoms with Crippen LogP contribution in [-0.4, -0.2) is 45.8 Å². The third-order valence-electron chi connectivity index (χ3n) is 7.63. The maximum Gasteiger partial charge on any atom is 0.270 e. The van der Waals surface area contributed by atoms with Crippen molar-refractivity contribution in [2.45, 2.75) is 38.1 Å². The van der Waals surface area contributed by atoms with Crippen LogP contribution in [0.3, 0.4) is 0 Å². The number of likely N-dealkylation sites (tertiary alicyclic amines) is 1. The summed E-state index contributed by atoms with van der Waals surface area (Å²) in [7, 11) is 0. The highest BCUT2D eigenvalue weighted by Crippen LogP contribution is 2.54. The maximum absolute atomic E-state index is 14.4. The minimum Gasteiger partial charge on any atom is -0.347 e. The summed E-state index contributed by atoms with van der Waals surface area (Å²) in [4.78, 5) is 41.8. The summed E-state index contributed by atoms with van der Waals surface area (Å²) in [6.45, 7) is 1.07. The van der Waals surface area contributed by atoms with Crippen LogP contribution in [0, 0.1) is 33.0 Å². The number of nitrogens with zero attached hydrogens (tertiary/aromatic N) is 3. The number of aromatic nitrogens is 1. The monoisotopic (exact) mass is 538 g/mol. The summed E-state index contributed by atoms with van der Waals surface area (Å²) in [5.74, 6) is -3.50. The van der Waals surface area contributed by atoms with Crippen LogP contribution < -0.4 is 5.32 Å². The van der Waals surface area contributed by atoms with Crippen LogP contribution in [0.5, 0.6) is 0 Å². The molecule has 2 aromatic carbocycles. The van der Waals surface area contributed by atoms with Crippen molar-refractivity contribution in [1.82, 2.24) is 15.2 Å². The molecule has 3 aromatic rings. The molecule has 1 N–H and O–H groups in total. The van der Waals surface area contributed by atoms with Crippen molar-refractivity contribution in [3.63, 3.8) is 0 Å². The molecule has 0 bridgehead atoms. The molecule has 2 fully saturated rings. The van der Waals surface area contributed by atoms with Crippen LogP contribution >= 0.6 is 0 Å². The second-order valence-corrected chi connectivity index (χ2v) is 10.0. The van der Waals surface area contributed by atoms with Gasteiger partial charge in [0.05, 0.1) is 10.5 Å². The quantitative estimate of drug-likeness (QED) is 0.343. The van der Waals surface area contributed by atoms with E-state index in [1.54, 1.807) is 17.0 Å². The SMILES string of the molecule is O=C(NC1CC12CCN(C(=O)CCc1cccc([N+](=O)[O-])c1)CC2)c1ccc(F)c(-c2c(F)cccc2F)n1. The molecule has 1 spiro atoms. The molecule has 1 aliphatic heterocycles. The van der Waals surface area contributed by atoms with Crippen molar-refractivity contribution in [2.24, 2.45) is 5.41 Å². The molecule has 1 saturated heterocycles. The van der Waals surface area contributed by atoms with Gasteiger partial charge < -0.3 is 10.2 Å². The molecule has 11 heteroatoms. The van der Waals surface area contributed by atoms with E-state index in [-0.39, 0.29) is 35.2 Å². The molecule has 1 aliphatic carbocycles. The van der Waals surface area contributed by atoms with Gasteiger partial charge in [-0.25, -0.2) is 18.2 Å². The van der Waals surface area contributed by atoms with Crippen molar-refractivity contribution in [3.8, 4) is 11.3 Å². The molecule has 1 saturated carbocycles. The number of non-ortho nitro benzene ring substituents is 1. The zero-order chi connectivity index (χ0) is 27.7. The summed E-state index contributed by atoms with van der Waals surface area (Å²) in [5.41, 5.74) is -0.771. The van der Waals surface area contributed by atoms with Gasteiger partial charge in [0.25, 0.3) is 11.6 Å². The summed E-state index contributed by atoms with van der Waals surface area (Å²) >= 11 is 0. The molecular formula is C28H25F3N4O4. The van der Waals surface area contributed by atoms with Gasteiger partial charge in [-0.2, -0.15) is 0 Å². The van der Waals surface area contributed by atoms with Crippen LogP contribution in [0.4, 0.5) is 18.9 Å². The first-order valence-corrected chi connectivity index (χ1v) is 12.6. The standard InChI is InChI=1S/C28H25F3N4O4/c29-19-5-2-6-20(30)25(19)26-21(31)8-9-22(32-26)27(37)33-23-16-28(23)11-13-34(14-12-28)24(36)10-7-17-3-1-4-18(15-17)35(38)39/h1-6,8-9,15,23H,7,10-14,16H2,(H,33,37). The third-order valence-corrected chi connectivity index (χ3v) is 7.63. The number of carbonyl (C=O) groups is 2. The number of aryl methyl sites for hydroxylation is 1. The van der Waals surface area contributed by atoms with Gasteiger partial charge in [-0.3, -0.25) is 19.7 Å². The molecule has 1 unspecified atom stereocenters. The third kappa shape index (κ3) is 5.47. The van der Waals surface area contributed by atoms with E-state index in [9.17, 15) is 32.9 Å². The van der Waals surface area contributed by atoms with Crippen LogP contribution in [0.1, 0.15) is 41.7 Å². The topological polar surface area (TPSA) is 105 Å². The molecule has 2 amide bonds. The zero-order valence-electron chi connectivity index (χ0n) is 20.8. The Bertz CT molecular complexity index is 1440. The molecule has 5 rings (SSSR count). The van der Waals surface area contributed by atoms with Crippen molar-refractivity contribution in [2.75, 3.05) is 13.1 Å². The highest BCUT2D eigenvalue weighted by atomic mass is 19.1. The summed E-state index contributed by atoms with van der Waals surface area (Å²) < 4.78 is 42.7. The highest BCUT2D eigenvalue weighted by molar-refractivity contribution is 5.93. The van der Waals surface area contributed by atoms with Crippen LogP contribution in [0.25, 0.3) is 11.3 Å². The first-order chi connectivity index (χ1) is 18.7. The lowest BCUT2D eigenvalue weighted by Gasteiger charge is -2.33. The lowest BCUT2D eigenvalue weighted by atomic mass is 9.92. The number of piperidine rings is 1. The van der Waals surface area contributed by atoms with Gasteiger partial charge in [0.1, 0.15) is 28.8 Å². The first-order valence-electron chi connectivity index (χ1n) is 12.6. The smallest absolute Gasteiger partial charge is 0.270 e. The molecule has 202 valence electrons. The summed E-state index contributed by atoms with van der Waals surface area (Å²) in [6.07, 6.45) is 2.77. The molecule has 0 radical (unpaired) electrons. The Morgan fingerprint density at radius 3 is 2.41 bits per heavy atom. The second-order valence-electron chi connectivity index (χ2n) is 10.0. The molecule has 39 heavy (non-hydrogen) atoms. The number of carbonyl (C=O) groups excluding carboxylic acids is 2. The van der Waals surface area contributed by atoms with Gasteiger partial charge in [0, 0.05) is 37.7 Å². The van der Waals surface area contributed by atoms with Gasteiger partial charge in [0.2, 0.25) is 5.91 Å². The summed E-state index contributed by atoms with van der Waals surface area (Å²) in [6, 6.07) is 11.4. The number of halogens is 3. The largest absolute Gasteiger partial charge is 0.347 e. The molecule has 2 aliphatic rings. The fourth-order valence-electron chi connectivity index (χ4n) is 5.24. The molecule has 1 atom stereocenters. The number of pyridine rings is 1. The average molecular weight is 539 g/mol. The zero-order valence-corrected chi connectivity index (χ0v) is 20.8. The normalized spacial score (nSPS) is 17.6. The van der Waals surface area contributed by atoms with Gasteiger partial charge in [-0.15, -0.1) is 0 Å². The molecular weight excluding hydrogens is 513 g/mol. The van der Waals surface area contributed by atoms with E-state index in [2.05, 4.69) is 10.3 Å². The Kier molecular flexibility index (Phi) is 7.07. The van der Waals surface area contributed by atoms with Crippen molar-refractivity contribution in [3.05, 3.63) is 93.4 Å². The minimum atomic E-state index is -0.980. The number of benzene rings is 2. The second kappa shape index (κ2) is 10.5. The van der Waals surface area contributed by atoms with Crippen molar-refractivity contribution < 1.29 is 27.7 Å². The fraction of sp³-hybridized carbons (Fsp3) is 0.321. The lowest BCUT2D eigenvalue weighted by molar-refractivity contribution is -0.384. The highest BCUT2D eigenvalue weighted by Gasteiger charge is 2.56. The van der Waals surface area contributed by atoms with Gasteiger partial charge >= 0.3 is 0 Å². The van der Waals surface area contributed by atoms with Gasteiger partial charge in [0.15, 0.2) is 0 Å². The van der Waals surface area contributed by atoms with E-state index in [0.717, 1.165) is 36.2 Å². The van der Waals surface area contributed by atoms with Crippen LogP contribution in [0.15, 0.2) is 54.6 Å². The summed E-state index contributed by atoms with van der Waals surface area (Å²) in [5, 5.41) is 13.8. The number of nitro groups is 1. The Labute approximate surface area is 222 Å². The van der Waals surface area contributed by atoms with E-state index < -0.39 is 39.5 Å². The molecule has 2 heterocycles. The number of hydrogen-bond acceptors (Lipinski definition) is 5. The predicted octanol–water partition coefficient (Wildman–Crippen LogP) is 4.82. The fourth-order valence-corrected chi connectivity index (χ4v) is 5.24. The van der Waals surface area contributed by atoms with Gasteiger partial charge in [-0.05, 0) is 60.9 Å². The van der Waals surface area contributed by atoms with Crippen molar-refractivity contribution in [1.29, 1.82) is 0 Å². The van der Waals surface area contributed by atoms with E-state index >= 15 is 0 Å². The number of hydrogen-bond donors (Lipinski definition) is 1. The first kappa shape index (κ1) is 26.3. The Morgan fingerprint density at radius 2 is 1.72 bits per heavy atom. The Balaban J connectivity index is 1.15. The number of nitrogens with one attached hydrogen (secondary N) is 1. The Hall–Kier alpha value is -4.28. The molecule has 1 aromatic heterocycles. The lowest BCUT2D eigenvalue weighted by Crippen LogP contribution is -2.41. The average Bonchev–Trinajstić information content (AvgIpc) is 3.58. The van der Waals surface area contributed by atoms with E-state index in [4.69, 9.17) is 0 Å². The number of amides is 2. The van der Waals surface area contributed by atoms with Crippen LogP contribution in [0.2, 0.25) is 0 Å². The van der Waals surface area contributed by atoms with E-state index in [0.29, 0.717) is 32.4 Å². The number of rotatable bonds is 7. The maximum atomic E-state index is 14.4. The predicted molar refractivity (Wildman–Crippen MR) is 135 cm³/mol. The Morgan fingerprint density at radius 1 is 1.03 bits per heavy atom. The van der Waals surface area contributed by atoms with E-state index in [1.807, 2.05) is 0 Å². The number of nitro benzene ring substituents is 1. The van der Waals surface area contributed by atoms with Crippen molar-refractivity contribution >= 4 is 17.5 Å².